The number of morpholine rings is 1. The molecule has 0 spiro atoms. The van der Waals surface area contributed by atoms with Gasteiger partial charge in [-0.15, -0.1) is 0 Å². The SMILES string of the molecule is C[C@@H]1CN(S(=O)(=O)c2ccc(C(=O)Nc3ccc(Br)cc3)cc2)C[C@H](C)O1. The highest BCUT2D eigenvalue weighted by molar-refractivity contribution is 9.10. The third-order valence-corrected chi connectivity index (χ3v) is 6.62. The Hall–Kier alpha value is -1.74. The first-order chi connectivity index (χ1) is 12.8. The van der Waals surface area contributed by atoms with E-state index in [0.29, 0.717) is 24.3 Å². The molecule has 8 heteroatoms. The number of nitrogens with one attached hydrogen (secondary N) is 1. The van der Waals surface area contributed by atoms with E-state index in [1.165, 1.54) is 28.6 Å². The summed E-state index contributed by atoms with van der Waals surface area (Å²) >= 11 is 3.34. The maximum atomic E-state index is 12.8. The summed E-state index contributed by atoms with van der Waals surface area (Å²) < 4.78 is 33.6. The lowest BCUT2D eigenvalue weighted by Gasteiger charge is -2.34. The van der Waals surface area contributed by atoms with E-state index in [-0.39, 0.29) is 23.0 Å². The number of hydrogen-bond acceptors (Lipinski definition) is 4. The topological polar surface area (TPSA) is 75.7 Å². The summed E-state index contributed by atoms with van der Waals surface area (Å²) in [5, 5.41) is 2.78. The van der Waals surface area contributed by atoms with Crippen molar-refractivity contribution >= 4 is 37.5 Å². The molecule has 0 unspecified atom stereocenters. The Morgan fingerprint density at radius 3 is 2.15 bits per heavy atom. The fraction of sp³-hybridized carbons (Fsp3) is 0.316. The van der Waals surface area contributed by atoms with E-state index >= 15 is 0 Å². The number of sulfonamides is 1. The number of rotatable bonds is 4. The molecular weight excluding hydrogens is 432 g/mol. The summed E-state index contributed by atoms with van der Waals surface area (Å²) in [5.74, 6) is -0.296. The van der Waals surface area contributed by atoms with Crippen molar-refractivity contribution in [1.29, 1.82) is 0 Å². The van der Waals surface area contributed by atoms with Gasteiger partial charge in [0.1, 0.15) is 0 Å². The van der Waals surface area contributed by atoms with Crippen LogP contribution in [0.15, 0.2) is 57.9 Å². The highest BCUT2D eigenvalue weighted by atomic mass is 79.9. The normalized spacial score (nSPS) is 21.0. The largest absolute Gasteiger partial charge is 0.373 e. The molecule has 27 heavy (non-hydrogen) atoms. The maximum absolute atomic E-state index is 12.8. The molecule has 0 saturated carbocycles. The quantitative estimate of drug-likeness (QED) is 0.769. The predicted molar refractivity (Wildman–Crippen MR) is 107 cm³/mol. The van der Waals surface area contributed by atoms with Gasteiger partial charge in [0.15, 0.2) is 0 Å². The summed E-state index contributed by atoms with van der Waals surface area (Å²) in [5.41, 5.74) is 1.05. The van der Waals surface area contributed by atoms with Gasteiger partial charge in [-0.05, 0) is 62.4 Å². The first-order valence-corrected chi connectivity index (χ1v) is 10.8. The van der Waals surface area contributed by atoms with Crippen molar-refractivity contribution in [1.82, 2.24) is 4.31 Å². The van der Waals surface area contributed by atoms with Gasteiger partial charge in [0.05, 0.1) is 17.1 Å². The van der Waals surface area contributed by atoms with Crippen molar-refractivity contribution in [2.24, 2.45) is 0 Å². The number of amides is 1. The number of anilines is 1. The van der Waals surface area contributed by atoms with E-state index < -0.39 is 10.0 Å². The zero-order valence-electron chi connectivity index (χ0n) is 15.1. The standard InChI is InChI=1S/C19H21BrN2O4S/c1-13-11-22(12-14(2)26-13)27(24,25)18-9-3-15(4-10-18)19(23)21-17-7-5-16(20)6-8-17/h3-10,13-14H,11-12H2,1-2H3,(H,21,23)/t13-,14+. The molecule has 6 nitrogen and oxygen atoms in total. The molecule has 144 valence electrons. The van der Waals surface area contributed by atoms with E-state index in [1.54, 1.807) is 12.1 Å². The number of hydrogen-bond donors (Lipinski definition) is 1. The van der Waals surface area contributed by atoms with Crippen molar-refractivity contribution in [2.75, 3.05) is 18.4 Å². The molecule has 0 bridgehead atoms. The van der Waals surface area contributed by atoms with E-state index in [9.17, 15) is 13.2 Å². The summed E-state index contributed by atoms with van der Waals surface area (Å²) in [6, 6.07) is 13.2. The van der Waals surface area contributed by atoms with Crippen LogP contribution in [-0.2, 0) is 14.8 Å². The summed E-state index contributed by atoms with van der Waals surface area (Å²) in [6.45, 7) is 4.35. The monoisotopic (exact) mass is 452 g/mol. The Balaban J connectivity index is 1.74. The molecule has 3 rings (SSSR count). The lowest BCUT2D eigenvalue weighted by Crippen LogP contribution is -2.48. The summed E-state index contributed by atoms with van der Waals surface area (Å²) in [6.07, 6.45) is -0.307. The molecule has 0 aromatic heterocycles. The molecule has 0 radical (unpaired) electrons. The zero-order chi connectivity index (χ0) is 19.6. The number of nitrogens with zero attached hydrogens (tertiary/aromatic N) is 1. The summed E-state index contributed by atoms with van der Waals surface area (Å²) in [7, 11) is -3.62. The molecule has 2 aromatic rings. The maximum Gasteiger partial charge on any atom is 0.255 e. The molecule has 1 aliphatic heterocycles. The molecule has 1 heterocycles. The second kappa shape index (κ2) is 8.10. The third kappa shape index (κ3) is 4.76. The van der Waals surface area contributed by atoms with Gasteiger partial charge in [0.25, 0.3) is 5.91 Å². The van der Waals surface area contributed by atoms with Crippen molar-refractivity contribution in [3.63, 3.8) is 0 Å². The number of halogens is 1. The number of benzene rings is 2. The third-order valence-electron chi connectivity index (χ3n) is 4.24. The van der Waals surface area contributed by atoms with Crippen LogP contribution in [0.25, 0.3) is 0 Å². The van der Waals surface area contributed by atoms with Gasteiger partial charge in [0, 0.05) is 28.8 Å². The molecular formula is C19H21BrN2O4S. The molecule has 1 amide bonds. The van der Waals surface area contributed by atoms with Crippen LogP contribution in [-0.4, -0.2) is 43.9 Å². The highest BCUT2D eigenvalue weighted by Gasteiger charge is 2.32. The van der Waals surface area contributed by atoms with Gasteiger partial charge < -0.3 is 10.1 Å². The van der Waals surface area contributed by atoms with Crippen LogP contribution in [0.2, 0.25) is 0 Å². The lowest BCUT2D eigenvalue weighted by molar-refractivity contribution is -0.0440. The van der Waals surface area contributed by atoms with Gasteiger partial charge >= 0.3 is 0 Å². The van der Waals surface area contributed by atoms with Gasteiger partial charge in [-0.3, -0.25) is 4.79 Å². The second-order valence-electron chi connectivity index (χ2n) is 6.56. The van der Waals surface area contributed by atoms with Crippen LogP contribution in [0, 0.1) is 0 Å². The Kier molecular flexibility index (Phi) is 6.00. The van der Waals surface area contributed by atoms with Gasteiger partial charge in [-0.2, -0.15) is 4.31 Å². The average molecular weight is 453 g/mol. The van der Waals surface area contributed by atoms with Gasteiger partial charge in [-0.1, -0.05) is 15.9 Å². The van der Waals surface area contributed by atoms with E-state index in [4.69, 9.17) is 4.74 Å². The molecule has 1 N–H and O–H groups in total. The minimum absolute atomic E-state index is 0.153. The minimum atomic E-state index is -3.62. The van der Waals surface area contributed by atoms with Gasteiger partial charge in [0.2, 0.25) is 10.0 Å². The van der Waals surface area contributed by atoms with Crippen LogP contribution < -0.4 is 5.32 Å². The smallest absolute Gasteiger partial charge is 0.255 e. The number of carbonyl (C=O) groups excluding carboxylic acids is 1. The van der Waals surface area contributed by atoms with Gasteiger partial charge in [-0.25, -0.2) is 8.42 Å². The number of ether oxygens (including phenoxy) is 1. The molecule has 0 aliphatic carbocycles. The van der Waals surface area contributed by atoms with Crippen LogP contribution >= 0.6 is 15.9 Å². The molecule has 1 fully saturated rings. The van der Waals surface area contributed by atoms with Crippen LogP contribution in [0.3, 0.4) is 0 Å². The second-order valence-corrected chi connectivity index (χ2v) is 9.42. The first kappa shape index (κ1) is 20.0. The Morgan fingerprint density at radius 2 is 1.59 bits per heavy atom. The van der Waals surface area contributed by atoms with E-state index in [1.807, 2.05) is 26.0 Å². The zero-order valence-corrected chi connectivity index (χ0v) is 17.5. The Bertz CT molecular complexity index is 904. The van der Waals surface area contributed by atoms with Crippen LogP contribution in [0.5, 0.6) is 0 Å². The minimum Gasteiger partial charge on any atom is -0.373 e. The van der Waals surface area contributed by atoms with Crippen LogP contribution in [0.4, 0.5) is 5.69 Å². The fourth-order valence-electron chi connectivity index (χ4n) is 2.99. The van der Waals surface area contributed by atoms with E-state index in [2.05, 4.69) is 21.2 Å². The van der Waals surface area contributed by atoms with Crippen molar-refractivity contribution < 1.29 is 17.9 Å². The van der Waals surface area contributed by atoms with Crippen molar-refractivity contribution in [2.45, 2.75) is 31.0 Å². The molecule has 2 aromatic carbocycles. The van der Waals surface area contributed by atoms with Crippen molar-refractivity contribution in [3.05, 3.63) is 58.6 Å². The molecule has 1 saturated heterocycles. The van der Waals surface area contributed by atoms with Crippen molar-refractivity contribution in [3.8, 4) is 0 Å². The van der Waals surface area contributed by atoms with Crippen LogP contribution in [0.1, 0.15) is 24.2 Å². The predicted octanol–water partition coefficient (Wildman–Crippen LogP) is 3.50. The first-order valence-electron chi connectivity index (χ1n) is 8.58. The fourth-order valence-corrected chi connectivity index (χ4v) is 4.85. The van der Waals surface area contributed by atoms with E-state index in [0.717, 1.165) is 4.47 Å². The summed E-state index contributed by atoms with van der Waals surface area (Å²) in [4.78, 5) is 12.5. The molecule has 1 aliphatic rings. The lowest BCUT2D eigenvalue weighted by atomic mass is 10.2. The Morgan fingerprint density at radius 1 is 1.04 bits per heavy atom. The number of carbonyl (C=O) groups is 1. The average Bonchev–Trinajstić information content (AvgIpc) is 2.63. The Labute approximate surface area is 167 Å². The highest BCUT2D eigenvalue weighted by Crippen LogP contribution is 2.22. The molecule has 2 atom stereocenters.